The molecule has 0 bridgehead atoms. The maximum absolute atomic E-state index is 11.2. The van der Waals surface area contributed by atoms with Gasteiger partial charge in [0, 0.05) is 13.8 Å². The summed E-state index contributed by atoms with van der Waals surface area (Å²) < 4.78 is 31.3. The van der Waals surface area contributed by atoms with Crippen molar-refractivity contribution in [2.24, 2.45) is 0 Å². The fraction of sp³-hybridized carbons (Fsp3) is 0.917. The summed E-state index contributed by atoms with van der Waals surface area (Å²) in [7, 11) is 0. The third-order valence-corrected chi connectivity index (χ3v) is 14.8. The summed E-state index contributed by atoms with van der Waals surface area (Å²) in [6.45, 7) is 11.3. The molecule has 0 amide bonds. The van der Waals surface area contributed by atoms with Gasteiger partial charge in [-0.15, -0.1) is 0 Å². The molecule has 2 rings (SSSR count). The number of unbranched alkanes of at least 4 members (excludes halogenated alkanes) is 3. The van der Waals surface area contributed by atoms with Crippen molar-refractivity contribution in [2.75, 3.05) is 6.61 Å². The Balaban J connectivity index is 0.000000366. The number of rotatable bonds is 11. The van der Waals surface area contributed by atoms with E-state index in [0.29, 0.717) is 0 Å². The zero-order chi connectivity index (χ0) is 24.8. The van der Waals surface area contributed by atoms with E-state index in [2.05, 4.69) is 20.8 Å². The van der Waals surface area contributed by atoms with E-state index in [1.54, 1.807) is 20.2 Å². The van der Waals surface area contributed by atoms with Crippen LogP contribution in [0.3, 0.4) is 0 Å². The van der Waals surface area contributed by atoms with Crippen molar-refractivity contribution in [1.82, 2.24) is 0 Å². The summed E-state index contributed by atoms with van der Waals surface area (Å²) in [5, 5.41) is 9.90. The molecule has 2 saturated heterocycles. The summed E-state index contributed by atoms with van der Waals surface area (Å²) >= 11 is -0.839. The fourth-order valence-corrected chi connectivity index (χ4v) is 13.4. The van der Waals surface area contributed by atoms with Gasteiger partial charge >= 0.3 is 104 Å². The van der Waals surface area contributed by atoms with Crippen molar-refractivity contribution >= 4 is 31.7 Å². The Morgan fingerprint density at radius 1 is 0.879 bits per heavy atom. The molecule has 0 saturated carbocycles. The molecule has 2 aliphatic heterocycles. The second-order valence-electron chi connectivity index (χ2n) is 8.78. The first-order chi connectivity index (χ1) is 15.7. The van der Waals surface area contributed by atoms with Crippen LogP contribution in [0.15, 0.2) is 0 Å². The molecule has 33 heavy (non-hydrogen) atoms. The molecule has 0 aliphatic carbocycles. The van der Waals surface area contributed by atoms with E-state index in [1.807, 2.05) is 0 Å². The van der Waals surface area contributed by atoms with Gasteiger partial charge in [-0.1, -0.05) is 0 Å². The molecule has 8 nitrogen and oxygen atoms in total. The zero-order valence-electron chi connectivity index (χ0n) is 21.3. The molecule has 0 aromatic rings. The van der Waals surface area contributed by atoms with Crippen LogP contribution in [0.2, 0.25) is 13.3 Å². The number of carbonyl (C=O) groups is 2. The molecule has 2 aliphatic rings. The molecule has 2 heterocycles. The molecule has 1 radical (unpaired) electrons. The maximum atomic E-state index is 11.2. The summed E-state index contributed by atoms with van der Waals surface area (Å²) in [4.78, 5) is 22.4. The molecule has 6 atom stereocenters. The van der Waals surface area contributed by atoms with E-state index >= 15 is 0 Å². The zero-order valence-corrected chi connectivity index (χ0v) is 24.2. The topological polar surface area (TPSA) is 101 Å². The van der Waals surface area contributed by atoms with E-state index in [-0.39, 0.29) is 6.61 Å². The molecular formula is C24H45O8Sn. The second kappa shape index (κ2) is 17.1. The first-order valence-electron chi connectivity index (χ1n) is 12.5. The average Bonchev–Trinajstić information content (AvgIpc) is 2.76. The van der Waals surface area contributed by atoms with Crippen molar-refractivity contribution in [3.8, 4) is 0 Å². The predicted octanol–water partition coefficient (Wildman–Crippen LogP) is 4.21. The van der Waals surface area contributed by atoms with Crippen molar-refractivity contribution < 1.29 is 38.4 Å². The average molecular weight is 580 g/mol. The first kappa shape index (κ1) is 30.6. The Kier molecular flexibility index (Phi) is 15.8. The Bertz CT molecular complexity index is 542. The van der Waals surface area contributed by atoms with Crippen LogP contribution in [0.1, 0.15) is 80.1 Å². The van der Waals surface area contributed by atoms with Crippen LogP contribution in [-0.2, 0) is 33.3 Å². The van der Waals surface area contributed by atoms with E-state index in [1.165, 1.54) is 52.4 Å². The van der Waals surface area contributed by atoms with Gasteiger partial charge in [0.2, 0.25) is 0 Å². The standard InChI is InChI=1S/C12H18O8.3C4H9.Sn/c1-5(13)17-10-9-8(4-16-7(3)19-9)20-12(15)11(10)18-6(2)14;3*1-3-4-2;/h7-12,15H,4H2,1-3H3;3*1,3-4H2,2H3;/t7?,8-,9-,10+,11-,12?;;;;/m1..../s1. The number of ether oxygens (including phenoxy) is 5. The molecule has 9 heteroatoms. The Morgan fingerprint density at radius 3 is 1.82 bits per heavy atom. The van der Waals surface area contributed by atoms with Gasteiger partial charge in [-0.05, 0) is 6.92 Å². The van der Waals surface area contributed by atoms with Crippen LogP contribution in [0.25, 0.3) is 0 Å². The van der Waals surface area contributed by atoms with Crippen molar-refractivity contribution in [3.63, 3.8) is 0 Å². The van der Waals surface area contributed by atoms with E-state index in [0.717, 1.165) is 0 Å². The van der Waals surface area contributed by atoms with Gasteiger partial charge in [0.15, 0.2) is 24.8 Å². The minimum absolute atomic E-state index is 0.188. The van der Waals surface area contributed by atoms with Gasteiger partial charge in [-0.25, -0.2) is 0 Å². The van der Waals surface area contributed by atoms with Crippen molar-refractivity contribution in [3.05, 3.63) is 0 Å². The van der Waals surface area contributed by atoms with Crippen LogP contribution in [0.4, 0.5) is 0 Å². The molecular weight excluding hydrogens is 535 g/mol. The Labute approximate surface area is 206 Å². The molecule has 2 fully saturated rings. The van der Waals surface area contributed by atoms with Gasteiger partial charge in [0.05, 0.1) is 6.61 Å². The predicted molar refractivity (Wildman–Crippen MR) is 127 cm³/mol. The number of carbonyl (C=O) groups excluding carboxylic acids is 2. The Morgan fingerprint density at radius 2 is 1.36 bits per heavy atom. The van der Waals surface area contributed by atoms with Crippen LogP contribution in [0.5, 0.6) is 0 Å². The van der Waals surface area contributed by atoms with Crippen molar-refractivity contribution in [1.29, 1.82) is 0 Å². The van der Waals surface area contributed by atoms with E-state index in [9.17, 15) is 14.7 Å². The molecule has 2 unspecified atom stereocenters. The minimum atomic E-state index is -1.41. The number of hydrogen-bond acceptors (Lipinski definition) is 8. The summed E-state index contributed by atoms with van der Waals surface area (Å²) in [6, 6.07) is 0. The summed E-state index contributed by atoms with van der Waals surface area (Å²) in [5.41, 5.74) is 0. The summed E-state index contributed by atoms with van der Waals surface area (Å²) in [5.74, 6) is -1.18. The van der Waals surface area contributed by atoms with Gasteiger partial charge in [0.25, 0.3) is 0 Å². The molecule has 193 valence electrons. The second-order valence-corrected chi connectivity index (χ2v) is 17.3. The van der Waals surface area contributed by atoms with E-state index < -0.39 is 68.7 Å². The van der Waals surface area contributed by atoms with E-state index in [4.69, 9.17) is 23.7 Å². The SMILES string of the molecule is CC(=O)O[C@H]1[C@@H]2OC(C)OC[C@H]2OC(O)[C@@H]1OC(C)=O.CCC[CH2][Sn]([CH2]CCC)[CH2]CCC. The monoisotopic (exact) mass is 581 g/mol. The van der Waals surface area contributed by atoms with Gasteiger partial charge in [-0.2, -0.15) is 0 Å². The van der Waals surface area contributed by atoms with Crippen molar-refractivity contribution in [2.45, 2.75) is 130 Å². The fourth-order valence-electron chi connectivity index (χ4n) is 3.98. The normalized spacial score (nSPS) is 29.0. The number of hydrogen-bond donors (Lipinski definition) is 1. The van der Waals surface area contributed by atoms with Crippen LogP contribution < -0.4 is 0 Å². The number of esters is 2. The van der Waals surface area contributed by atoms with Gasteiger partial charge in [-0.3, -0.25) is 9.59 Å². The molecule has 0 aromatic carbocycles. The third kappa shape index (κ3) is 11.7. The number of aliphatic hydroxyl groups excluding tert-OH is 1. The molecule has 0 spiro atoms. The number of aliphatic hydroxyl groups is 1. The van der Waals surface area contributed by atoms with Gasteiger partial charge < -0.3 is 28.8 Å². The quantitative estimate of drug-likeness (QED) is 0.287. The van der Waals surface area contributed by atoms with Crippen LogP contribution in [-0.4, -0.2) is 80.4 Å². The molecule has 0 aromatic heterocycles. The Hall–Kier alpha value is -0.421. The number of fused-ring (bicyclic) bond motifs is 1. The van der Waals surface area contributed by atoms with Crippen LogP contribution >= 0.6 is 0 Å². The molecule has 1 N–H and O–H groups in total. The van der Waals surface area contributed by atoms with Crippen LogP contribution in [0, 0.1) is 0 Å². The van der Waals surface area contributed by atoms with Gasteiger partial charge in [0.1, 0.15) is 12.2 Å². The summed E-state index contributed by atoms with van der Waals surface area (Å²) in [6.07, 6.45) is 3.57. The first-order valence-corrected chi connectivity index (χ1v) is 18.6. The third-order valence-electron chi connectivity index (χ3n) is 5.71.